The lowest BCUT2D eigenvalue weighted by atomic mass is 9.97. The van der Waals surface area contributed by atoms with Crippen LogP contribution in [0, 0.1) is 0 Å². The molecule has 0 radical (unpaired) electrons. The first kappa shape index (κ1) is 16.2. The monoisotopic (exact) mass is 369 g/mol. The number of anilines is 1. The Bertz CT molecular complexity index is 958. The number of fused-ring (bicyclic) bond motifs is 3. The molecule has 1 atom stereocenters. The van der Waals surface area contributed by atoms with Crippen LogP contribution in [0.4, 0.5) is 5.82 Å². The van der Waals surface area contributed by atoms with Gasteiger partial charge < -0.3 is 10.4 Å². The summed E-state index contributed by atoms with van der Waals surface area (Å²) >= 11 is 1.84. The van der Waals surface area contributed by atoms with E-state index in [1.807, 2.05) is 24.6 Å². The van der Waals surface area contributed by atoms with Crippen LogP contribution in [0.25, 0.3) is 10.2 Å². The Kier molecular flexibility index (Phi) is 3.94. The summed E-state index contributed by atoms with van der Waals surface area (Å²) in [6.07, 6.45) is 10.1. The summed E-state index contributed by atoms with van der Waals surface area (Å²) in [5, 5.41) is 19.2. The lowest BCUT2D eigenvalue weighted by Gasteiger charge is -2.15. The fourth-order valence-electron chi connectivity index (χ4n) is 3.75. The van der Waals surface area contributed by atoms with E-state index >= 15 is 0 Å². The molecule has 5 rings (SSSR count). The number of hydrogen-bond donors (Lipinski definition) is 2. The molecule has 3 aromatic rings. The van der Waals surface area contributed by atoms with Gasteiger partial charge in [0.15, 0.2) is 0 Å². The predicted molar refractivity (Wildman–Crippen MR) is 103 cm³/mol. The topological polar surface area (TPSA) is 75.9 Å². The number of aliphatic hydroxyl groups is 1. The van der Waals surface area contributed by atoms with E-state index in [1.165, 1.54) is 41.5 Å². The summed E-state index contributed by atoms with van der Waals surface area (Å²) < 4.78 is 1.71. The summed E-state index contributed by atoms with van der Waals surface area (Å²) in [5.41, 5.74) is 2.25. The molecular formula is C19H23N5OS. The Morgan fingerprint density at radius 3 is 2.92 bits per heavy atom. The van der Waals surface area contributed by atoms with Crippen molar-refractivity contribution in [1.82, 2.24) is 19.7 Å². The van der Waals surface area contributed by atoms with Crippen molar-refractivity contribution >= 4 is 27.4 Å². The van der Waals surface area contributed by atoms with E-state index in [-0.39, 0.29) is 0 Å². The smallest absolute Gasteiger partial charge is 0.138 e. The molecule has 0 bridgehead atoms. The Balaban J connectivity index is 1.49. The fourth-order valence-corrected chi connectivity index (χ4v) is 5.02. The fraction of sp³-hybridized carbons (Fsp3) is 0.526. The minimum atomic E-state index is -0.604. The first-order valence-electron chi connectivity index (χ1n) is 9.41. The normalized spacial score (nSPS) is 18.1. The maximum absolute atomic E-state index is 10.5. The second-order valence-electron chi connectivity index (χ2n) is 7.44. The summed E-state index contributed by atoms with van der Waals surface area (Å²) in [4.78, 5) is 12.3. The molecular weight excluding hydrogens is 346 g/mol. The molecule has 3 heterocycles. The van der Waals surface area contributed by atoms with Gasteiger partial charge in [0.25, 0.3) is 0 Å². The summed E-state index contributed by atoms with van der Waals surface area (Å²) in [7, 11) is 1.86. The molecule has 0 aliphatic heterocycles. The van der Waals surface area contributed by atoms with Gasteiger partial charge in [0.05, 0.1) is 17.7 Å². The Hall–Kier alpha value is -1.99. The number of aryl methyl sites for hydroxylation is 3. The minimum Gasteiger partial charge on any atom is -0.386 e. The number of rotatable bonds is 5. The molecule has 1 unspecified atom stereocenters. The average Bonchev–Trinajstić information content (AvgIpc) is 3.30. The van der Waals surface area contributed by atoms with Crippen LogP contribution in [0.15, 0.2) is 12.4 Å². The molecule has 6 nitrogen and oxygen atoms in total. The van der Waals surface area contributed by atoms with Crippen LogP contribution in [-0.4, -0.2) is 31.4 Å². The van der Waals surface area contributed by atoms with Crippen molar-refractivity contribution in [2.45, 2.75) is 50.5 Å². The third kappa shape index (κ3) is 2.89. The highest BCUT2D eigenvalue weighted by molar-refractivity contribution is 7.19. The summed E-state index contributed by atoms with van der Waals surface area (Å²) in [5.74, 6) is 2.39. The van der Waals surface area contributed by atoms with Gasteiger partial charge in [-0.05, 0) is 44.1 Å². The van der Waals surface area contributed by atoms with Gasteiger partial charge in [-0.25, -0.2) is 9.97 Å². The molecule has 7 heteroatoms. The lowest BCUT2D eigenvalue weighted by molar-refractivity contribution is 0.191. The number of aliphatic hydroxyl groups excluding tert-OH is 1. The van der Waals surface area contributed by atoms with Crippen molar-refractivity contribution in [1.29, 1.82) is 0 Å². The van der Waals surface area contributed by atoms with Crippen LogP contribution in [0.1, 0.15) is 59.5 Å². The molecule has 26 heavy (non-hydrogen) atoms. The zero-order valence-electron chi connectivity index (χ0n) is 14.9. The van der Waals surface area contributed by atoms with Crippen molar-refractivity contribution < 1.29 is 5.11 Å². The molecule has 3 aromatic heterocycles. The van der Waals surface area contributed by atoms with Crippen molar-refractivity contribution in [2.24, 2.45) is 7.05 Å². The zero-order chi connectivity index (χ0) is 17.7. The highest BCUT2D eigenvalue weighted by Gasteiger charge is 2.29. The van der Waals surface area contributed by atoms with E-state index in [4.69, 9.17) is 9.97 Å². The molecule has 2 aliphatic rings. The average molecular weight is 369 g/mol. The maximum atomic E-state index is 10.5. The third-order valence-corrected chi connectivity index (χ3v) is 6.53. The second kappa shape index (κ2) is 6.32. The van der Waals surface area contributed by atoms with Gasteiger partial charge in [0, 0.05) is 36.1 Å². The quantitative estimate of drug-likeness (QED) is 0.721. The van der Waals surface area contributed by atoms with E-state index in [9.17, 15) is 5.11 Å². The van der Waals surface area contributed by atoms with Gasteiger partial charge in [-0.15, -0.1) is 11.3 Å². The Morgan fingerprint density at radius 1 is 1.31 bits per heavy atom. The molecule has 0 aromatic carbocycles. The van der Waals surface area contributed by atoms with Crippen LogP contribution in [0.3, 0.4) is 0 Å². The molecule has 1 saturated carbocycles. The van der Waals surface area contributed by atoms with E-state index in [2.05, 4.69) is 10.4 Å². The maximum Gasteiger partial charge on any atom is 0.138 e. The Labute approximate surface area is 156 Å². The van der Waals surface area contributed by atoms with Crippen molar-refractivity contribution in [3.8, 4) is 0 Å². The lowest BCUT2D eigenvalue weighted by Crippen LogP contribution is -2.14. The first-order chi connectivity index (χ1) is 12.7. The SMILES string of the molecule is Cn1cc(C(O)CNc2nc(C3CC3)nc3sc4c(c23)CCCC4)cn1. The standard InChI is InChI=1S/C19H23N5OS/c1-24-10-12(8-21-24)14(25)9-20-18-16-13-4-2-3-5-15(13)26-19(16)23-17(22-18)11-6-7-11/h8,10-11,14,25H,2-7,9H2,1H3,(H,20,22,23). The largest absolute Gasteiger partial charge is 0.386 e. The minimum absolute atomic E-state index is 0.423. The highest BCUT2D eigenvalue weighted by atomic mass is 32.1. The number of nitrogens with one attached hydrogen (secondary N) is 1. The van der Waals surface area contributed by atoms with E-state index in [1.54, 1.807) is 10.9 Å². The first-order valence-corrected chi connectivity index (χ1v) is 10.2. The van der Waals surface area contributed by atoms with Gasteiger partial charge in [-0.1, -0.05) is 0 Å². The predicted octanol–water partition coefficient (Wildman–Crippen LogP) is 3.33. The van der Waals surface area contributed by atoms with Gasteiger partial charge in [-0.2, -0.15) is 5.10 Å². The van der Waals surface area contributed by atoms with Gasteiger partial charge in [0.2, 0.25) is 0 Å². The van der Waals surface area contributed by atoms with Crippen molar-refractivity contribution in [2.75, 3.05) is 11.9 Å². The van der Waals surface area contributed by atoms with Crippen LogP contribution in [0.2, 0.25) is 0 Å². The highest BCUT2D eigenvalue weighted by Crippen LogP contribution is 2.43. The van der Waals surface area contributed by atoms with E-state index in [0.29, 0.717) is 12.5 Å². The van der Waals surface area contributed by atoms with E-state index in [0.717, 1.165) is 34.9 Å². The molecule has 2 aliphatic carbocycles. The van der Waals surface area contributed by atoms with Crippen LogP contribution in [-0.2, 0) is 19.9 Å². The molecule has 2 N–H and O–H groups in total. The van der Waals surface area contributed by atoms with Gasteiger partial charge in [0.1, 0.15) is 16.5 Å². The zero-order valence-corrected chi connectivity index (χ0v) is 15.7. The van der Waals surface area contributed by atoms with Gasteiger partial charge >= 0.3 is 0 Å². The molecule has 0 spiro atoms. The summed E-state index contributed by atoms with van der Waals surface area (Å²) in [6, 6.07) is 0. The van der Waals surface area contributed by atoms with Crippen LogP contribution in [0.5, 0.6) is 0 Å². The molecule has 0 saturated heterocycles. The number of hydrogen-bond acceptors (Lipinski definition) is 6. The molecule has 136 valence electrons. The van der Waals surface area contributed by atoms with Crippen molar-refractivity contribution in [3.05, 3.63) is 34.2 Å². The number of aromatic nitrogens is 4. The van der Waals surface area contributed by atoms with Crippen LogP contribution >= 0.6 is 11.3 Å². The second-order valence-corrected chi connectivity index (χ2v) is 8.52. The number of thiophene rings is 1. The Morgan fingerprint density at radius 2 is 2.15 bits per heavy atom. The van der Waals surface area contributed by atoms with Crippen molar-refractivity contribution in [3.63, 3.8) is 0 Å². The summed E-state index contributed by atoms with van der Waals surface area (Å²) in [6.45, 7) is 0.423. The molecule has 0 amide bonds. The van der Waals surface area contributed by atoms with Gasteiger partial charge in [-0.3, -0.25) is 4.68 Å². The van der Waals surface area contributed by atoms with Crippen LogP contribution < -0.4 is 5.32 Å². The van der Waals surface area contributed by atoms with E-state index < -0.39 is 6.10 Å². The number of nitrogens with zero attached hydrogens (tertiary/aromatic N) is 4. The third-order valence-electron chi connectivity index (χ3n) is 5.35. The molecule has 1 fully saturated rings.